The standard InChI is InChI=1S/C51H58N2O5Si2/c1-49(2,3)59(8,9)57-35-51(37-21-13-10-14-22-37)34-55-48-41(28-19-29-43(48)51)40-27-20-30-44-47(40)42(32-53(44)36-54-7)45-31-52-46(58-45)33-56-60(50(4,5)6,38-23-15-11-16-24-38)39-25-17-12-18-26-39/h10-32H,33-36H2,1-9H3. The van der Waals surface area contributed by atoms with Gasteiger partial charge in [0.25, 0.3) is 8.32 Å². The fraction of sp³-hybridized carbons (Fsp3) is 0.314. The van der Waals surface area contributed by atoms with Crippen LogP contribution in [0.25, 0.3) is 33.4 Å². The van der Waals surface area contributed by atoms with Gasteiger partial charge in [-0.1, -0.05) is 163 Å². The van der Waals surface area contributed by atoms with E-state index in [1.807, 2.05) is 6.20 Å². The monoisotopic (exact) mass is 834 g/mol. The highest BCUT2D eigenvalue weighted by atomic mass is 28.4. The summed E-state index contributed by atoms with van der Waals surface area (Å²) in [6.45, 7) is 20.0. The highest BCUT2D eigenvalue weighted by molar-refractivity contribution is 6.99. The average molecular weight is 835 g/mol. The molecule has 0 fully saturated rings. The summed E-state index contributed by atoms with van der Waals surface area (Å²) in [5, 5.41) is 3.36. The molecule has 9 heteroatoms. The maximum absolute atomic E-state index is 7.22. The first-order valence-corrected chi connectivity index (χ1v) is 25.8. The lowest BCUT2D eigenvalue weighted by Crippen LogP contribution is -2.66. The number of benzene rings is 5. The summed E-state index contributed by atoms with van der Waals surface area (Å²) in [6.07, 6.45) is 3.94. The molecule has 0 saturated carbocycles. The lowest BCUT2D eigenvalue weighted by molar-refractivity contribution is 0.135. The van der Waals surface area contributed by atoms with E-state index >= 15 is 0 Å². The first kappa shape index (κ1) is 41.7. The number of methoxy groups -OCH3 is 1. The molecule has 7 nitrogen and oxygen atoms in total. The van der Waals surface area contributed by atoms with Crippen molar-refractivity contribution >= 4 is 37.9 Å². The predicted molar refractivity (Wildman–Crippen MR) is 248 cm³/mol. The summed E-state index contributed by atoms with van der Waals surface area (Å²) in [5.41, 5.74) is 5.89. The maximum Gasteiger partial charge on any atom is 0.261 e. The summed E-state index contributed by atoms with van der Waals surface area (Å²) in [6, 6.07) is 45.0. The van der Waals surface area contributed by atoms with Crippen molar-refractivity contribution in [2.75, 3.05) is 20.3 Å². The zero-order valence-electron chi connectivity index (χ0n) is 36.5. The first-order valence-electron chi connectivity index (χ1n) is 21.0. The second kappa shape index (κ2) is 16.1. The van der Waals surface area contributed by atoms with Crippen molar-refractivity contribution in [3.05, 3.63) is 157 Å². The molecule has 0 saturated heterocycles. The van der Waals surface area contributed by atoms with E-state index in [1.54, 1.807) is 7.11 Å². The molecule has 310 valence electrons. The van der Waals surface area contributed by atoms with Crippen LogP contribution in [-0.4, -0.2) is 46.5 Å². The smallest absolute Gasteiger partial charge is 0.261 e. The van der Waals surface area contributed by atoms with Gasteiger partial charge in [0.05, 0.1) is 23.7 Å². The van der Waals surface area contributed by atoms with Crippen molar-refractivity contribution in [1.82, 2.24) is 9.55 Å². The minimum atomic E-state index is -2.82. The lowest BCUT2D eigenvalue weighted by Gasteiger charge is -2.42. The number of hydrogen-bond acceptors (Lipinski definition) is 6. The molecular weight excluding hydrogens is 777 g/mol. The first-order chi connectivity index (χ1) is 28.7. The van der Waals surface area contributed by atoms with Crippen molar-refractivity contribution in [3.8, 4) is 28.2 Å². The molecule has 1 aliphatic rings. The molecule has 3 heterocycles. The van der Waals surface area contributed by atoms with Gasteiger partial charge in [-0.25, -0.2) is 4.98 Å². The Morgan fingerprint density at radius 3 is 1.93 bits per heavy atom. The van der Waals surface area contributed by atoms with Gasteiger partial charge in [0, 0.05) is 35.4 Å². The minimum Gasteiger partial charge on any atom is -0.491 e. The second-order valence-corrected chi connectivity index (χ2v) is 27.8. The Hall–Kier alpha value is -5.04. The van der Waals surface area contributed by atoms with Gasteiger partial charge in [-0.2, -0.15) is 0 Å². The van der Waals surface area contributed by atoms with E-state index in [1.165, 1.54) is 15.9 Å². The number of para-hydroxylation sites is 1. The Balaban J connectivity index is 1.21. The van der Waals surface area contributed by atoms with Crippen molar-refractivity contribution in [1.29, 1.82) is 0 Å². The third-order valence-corrected chi connectivity index (χ3v) is 22.4. The Bertz CT molecular complexity index is 2530. The van der Waals surface area contributed by atoms with Gasteiger partial charge in [0.2, 0.25) is 5.89 Å². The number of ether oxygens (including phenoxy) is 2. The summed E-state index contributed by atoms with van der Waals surface area (Å²) in [5.74, 6) is 2.08. The molecule has 5 aromatic carbocycles. The summed E-state index contributed by atoms with van der Waals surface area (Å²) in [7, 11) is -3.19. The van der Waals surface area contributed by atoms with Crippen LogP contribution in [0.15, 0.2) is 144 Å². The van der Waals surface area contributed by atoms with Crippen LogP contribution in [0.5, 0.6) is 5.75 Å². The van der Waals surface area contributed by atoms with Crippen LogP contribution in [0.3, 0.4) is 0 Å². The number of fused-ring (bicyclic) bond motifs is 2. The maximum atomic E-state index is 7.22. The van der Waals surface area contributed by atoms with Gasteiger partial charge in [-0.15, -0.1) is 0 Å². The molecule has 0 N–H and O–H groups in total. The molecule has 0 aliphatic carbocycles. The van der Waals surface area contributed by atoms with Gasteiger partial charge in [-0.3, -0.25) is 0 Å². The van der Waals surface area contributed by atoms with E-state index in [4.69, 9.17) is 27.7 Å². The van der Waals surface area contributed by atoms with Gasteiger partial charge < -0.3 is 27.3 Å². The lowest BCUT2D eigenvalue weighted by atomic mass is 9.76. The molecule has 1 unspecified atom stereocenters. The molecule has 0 amide bonds. The molecule has 0 radical (unpaired) electrons. The van der Waals surface area contributed by atoms with Crippen LogP contribution in [0.2, 0.25) is 23.2 Å². The van der Waals surface area contributed by atoms with Crippen LogP contribution in [-0.2, 0) is 32.3 Å². The Labute approximate surface area is 357 Å². The fourth-order valence-corrected chi connectivity index (χ4v) is 14.3. The van der Waals surface area contributed by atoms with Crippen molar-refractivity contribution in [2.24, 2.45) is 0 Å². The zero-order valence-corrected chi connectivity index (χ0v) is 38.5. The predicted octanol–water partition coefficient (Wildman–Crippen LogP) is 11.3. The number of rotatable bonds is 13. The average Bonchev–Trinajstić information content (AvgIpc) is 3.97. The van der Waals surface area contributed by atoms with E-state index in [-0.39, 0.29) is 16.7 Å². The number of nitrogens with zero attached hydrogens (tertiary/aromatic N) is 2. The van der Waals surface area contributed by atoms with Gasteiger partial charge in [0.15, 0.2) is 14.1 Å². The zero-order chi connectivity index (χ0) is 42.3. The van der Waals surface area contributed by atoms with Crippen molar-refractivity contribution < 1.29 is 22.7 Å². The topological polar surface area (TPSA) is 67.9 Å². The quantitative estimate of drug-likeness (QED) is 0.108. The largest absolute Gasteiger partial charge is 0.491 e. The Kier molecular flexibility index (Phi) is 11.2. The number of hydrogen-bond donors (Lipinski definition) is 0. The highest BCUT2D eigenvalue weighted by Crippen LogP contribution is 2.51. The van der Waals surface area contributed by atoms with Crippen LogP contribution in [0.1, 0.15) is 58.6 Å². The van der Waals surface area contributed by atoms with Crippen LogP contribution in [0.4, 0.5) is 0 Å². The third-order valence-electron chi connectivity index (χ3n) is 12.9. The normalized spacial score (nSPS) is 15.9. The Morgan fingerprint density at radius 2 is 1.32 bits per heavy atom. The van der Waals surface area contributed by atoms with E-state index in [9.17, 15) is 0 Å². The second-order valence-electron chi connectivity index (χ2n) is 18.7. The van der Waals surface area contributed by atoms with E-state index < -0.39 is 22.0 Å². The molecule has 0 spiro atoms. The Morgan fingerprint density at radius 1 is 0.700 bits per heavy atom. The van der Waals surface area contributed by atoms with Crippen LogP contribution >= 0.6 is 0 Å². The summed E-state index contributed by atoms with van der Waals surface area (Å²) in [4.78, 5) is 4.85. The van der Waals surface area contributed by atoms with E-state index in [2.05, 4.69) is 193 Å². The summed E-state index contributed by atoms with van der Waals surface area (Å²) < 4.78 is 35.7. The van der Waals surface area contributed by atoms with E-state index in [0.29, 0.717) is 31.6 Å². The van der Waals surface area contributed by atoms with Crippen LogP contribution in [0, 0.1) is 0 Å². The molecule has 60 heavy (non-hydrogen) atoms. The van der Waals surface area contributed by atoms with E-state index in [0.717, 1.165) is 38.9 Å². The number of oxazole rings is 1. The number of aromatic nitrogens is 2. The third kappa shape index (κ3) is 7.30. The SMILES string of the molecule is COCn1cc(-c2cnc(CO[Si](c3ccccc3)(c3ccccc3)C(C)(C)C)o2)c2c(-c3cccc4c3OCC4(CO[Si](C)(C)C(C)(C)C)c3ccccc3)cccc21. The molecule has 0 bridgehead atoms. The molecular formula is C51H58N2O5Si2. The van der Waals surface area contributed by atoms with Gasteiger partial charge >= 0.3 is 0 Å². The highest BCUT2D eigenvalue weighted by Gasteiger charge is 2.51. The molecule has 2 aromatic heterocycles. The molecule has 8 rings (SSSR count). The molecule has 1 aliphatic heterocycles. The summed E-state index contributed by atoms with van der Waals surface area (Å²) >= 11 is 0. The van der Waals surface area contributed by atoms with Gasteiger partial charge in [-0.05, 0) is 50.7 Å². The van der Waals surface area contributed by atoms with Crippen molar-refractivity contribution in [3.63, 3.8) is 0 Å². The van der Waals surface area contributed by atoms with Crippen LogP contribution < -0.4 is 15.1 Å². The minimum absolute atomic E-state index is 0.0740. The van der Waals surface area contributed by atoms with Gasteiger partial charge in [0.1, 0.15) is 25.7 Å². The molecule has 1 atom stereocenters. The fourth-order valence-electron chi connectivity index (χ4n) is 8.72. The van der Waals surface area contributed by atoms with Crippen molar-refractivity contribution in [2.45, 2.75) is 83.5 Å². The molecule has 7 aromatic rings.